The van der Waals surface area contributed by atoms with Crippen molar-refractivity contribution in [2.75, 3.05) is 26.4 Å². The van der Waals surface area contributed by atoms with E-state index in [1.54, 1.807) is 0 Å². The van der Waals surface area contributed by atoms with Crippen molar-refractivity contribution in [2.45, 2.75) is 32.8 Å². The fraction of sp³-hybridized carbons (Fsp3) is 0.562. The van der Waals surface area contributed by atoms with Crippen LogP contribution < -0.4 is 5.32 Å². The summed E-state index contributed by atoms with van der Waals surface area (Å²) in [6.45, 7) is 5.45. The van der Waals surface area contributed by atoms with Gasteiger partial charge in [0, 0.05) is 19.8 Å². The standard InChI is InChI=1S/C16H25NO4/c1-3-20-12-4-5-14-6-8-15(9-7-14)13(2)21-16(19)17-10-11-18/h6-9,13,18H,3-5,10-12H2,1-2H3,(H,17,19)/t13-/m1/s1. The molecule has 21 heavy (non-hydrogen) atoms. The molecule has 2 N–H and O–H groups in total. The number of hydrogen-bond acceptors (Lipinski definition) is 4. The first-order valence-electron chi connectivity index (χ1n) is 7.39. The first kappa shape index (κ1) is 17.5. The lowest BCUT2D eigenvalue weighted by molar-refractivity contribution is 0.105. The largest absolute Gasteiger partial charge is 0.442 e. The summed E-state index contributed by atoms with van der Waals surface area (Å²) in [5.74, 6) is 0. The van der Waals surface area contributed by atoms with E-state index in [1.807, 2.05) is 38.1 Å². The predicted octanol–water partition coefficient (Wildman–Crippen LogP) is 2.44. The monoisotopic (exact) mass is 295 g/mol. The summed E-state index contributed by atoms with van der Waals surface area (Å²) in [5, 5.41) is 11.1. The third-order valence-electron chi connectivity index (χ3n) is 3.07. The number of nitrogens with one attached hydrogen (secondary N) is 1. The second kappa shape index (κ2) is 10.2. The minimum Gasteiger partial charge on any atom is -0.442 e. The predicted molar refractivity (Wildman–Crippen MR) is 81.2 cm³/mol. The number of carbonyl (C=O) groups excluding carboxylic acids is 1. The van der Waals surface area contributed by atoms with Crippen LogP contribution in [0.2, 0.25) is 0 Å². The van der Waals surface area contributed by atoms with E-state index in [0.29, 0.717) is 0 Å². The normalized spacial score (nSPS) is 12.0. The molecule has 0 saturated heterocycles. The molecular weight excluding hydrogens is 270 g/mol. The van der Waals surface area contributed by atoms with Gasteiger partial charge in [-0.05, 0) is 37.8 Å². The number of alkyl carbamates (subject to hydrolysis) is 1. The van der Waals surface area contributed by atoms with Crippen molar-refractivity contribution in [3.8, 4) is 0 Å². The van der Waals surface area contributed by atoms with E-state index in [0.717, 1.165) is 31.6 Å². The number of hydrogen-bond donors (Lipinski definition) is 2. The van der Waals surface area contributed by atoms with E-state index in [2.05, 4.69) is 5.32 Å². The van der Waals surface area contributed by atoms with Crippen molar-refractivity contribution in [1.29, 1.82) is 0 Å². The van der Waals surface area contributed by atoms with Crippen LogP contribution in [-0.2, 0) is 15.9 Å². The molecule has 0 aliphatic heterocycles. The van der Waals surface area contributed by atoms with Gasteiger partial charge in [0.25, 0.3) is 0 Å². The Bertz CT molecular complexity index is 405. The van der Waals surface area contributed by atoms with Crippen LogP contribution in [0, 0.1) is 0 Å². The lowest BCUT2D eigenvalue weighted by Gasteiger charge is -2.14. The molecule has 1 aromatic rings. The minimum atomic E-state index is -0.516. The van der Waals surface area contributed by atoms with Gasteiger partial charge in [-0.3, -0.25) is 0 Å². The van der Waals surface area contributed by atoms with Gasteiger partial charge in [0.2, 0.25) is 0 Å². The van der Waals surface area contributed by atoms with Crippen molar-refractivity contribution in [3.63, 3.8) is 0 Å². The third-order valence-corrected chi connectivity index (χ3v) is 3.07. The summed E-state index contributed by atoms with van der Waals surface area (Å²) in [4.78, 5) is 11.4. The second-order valence-corrected chi connectivity index (χ2v) is 4.74. The molecule has 0 saturated carbocycles. The van der Waals surface area contributed by atoms with Crippen molar-refractivity contribution in [3.05, 3.63) is 35.4 Å². The third kappa shape index (κ3) is 7.11. The van der Waals surface area contributed by atoms with Gasteiger partial charge in [0.1, 0.15) is 6.10 Å². The zero-order chi connectivity index (χ0) is 15.5. The molecule has 1 rings (SSSR count). The fourth-order valence-electron chi connectivity index (χ4n) is 1.91. The topological polar surface area (TPSA) is 67.8 Å². The molecular formula is C16H25NO4. The van der Waals surface area contributed by atoms with Gasteiger partial charge >= 0.3 is 6.09 Å². The summed E-state index contributed by atoms with van der Waals surface area (Å²) < 4.78 is 10.5. The number of aliphatic hydroxyl groups is 1. The van der Waals surface area contributed by atoms with Gasteiger partial charge in [-0.1, -0.05) is 24.3 Å². The van der Waals surface area contributed by atoms with E-state index in [1.165, 1.54) is 5.56 Å². The van der Waals surface area contributed by atoms with Crippen LogP contribution in [0.5, 0.6) is 0 Å². The Morgan fingerprint density at radius 3 is 2.67 bits per heavy atom. The SMILES string of the molecule is CCOCCCc1ccc([C@@H](C)OC(=O)NCCO)cc1. The van der Waals surface area contributed by atoms with Crippen molar-refractivity contribution in [2.24, 2.45) is 0 Å². The molecule has 0 unspecified atom stereocenters. The molecule has 1 atom stereocenters. The smallest absolute Gasteiger partial charge is 0.407 e. The van der Waals surface area contributed by atoms with Crippen molar-refractivity contribution >= 4 is 6.09 Å². The van der Waals surface area contributed by atoms with Gasteiger partial charge in [-0.2, -0.15) is 0 Å². The number of rotatable bonds is 9. The quantitative estimate of drug-likeness (QED) is 0.687. The molecule has 0 bridgehead atoms. The Morgan fingerprint density at radius 1 is 1.33 bits per heavy atom. The first-order valence-corrected chi connectivity index (χ1v) is 7.39. The number of aliphatic hydroxyl groups excluding tert-OH is 1. The highest BCUT2D eigenvalue weighted by Gasteiger charge is 2.10. The summed E-state index contributed by atoms with van der Waals surface area (Å²) in [5.41, 5.74) is 2.19. The summed E-state index contributed by atoms with van der Waals surface area (Å²) in [6.07, 6.45) is 1.15. The maximum atomic E-state index is 11.4. The number of carbonyl (C=O) groups is 1. The molecule has 0 aliphatic rings. The zero-order valence-corrected chi connectivity index (χ0v) is 12.8. The van der Waals surface area contributed by atoms with Gasteiger partial charge in [0.05, 0.1) is 6.61 Å². The Balaban J connectivity index is 2.39. The molecule has 0 spiro atoms. The van der Waals surface area contributed by atoms with Crippen LogP contribution in [-0.4, -0.2) is 37.6 Å². The minimum absolute atomic E-state index is 0.0973. The molecule has 1 amide bonds. The summed E-state index contributed by atoms with van der Waals surface area (Å²) in [7, 11) is 0. The van der Waals surface area contributed by atoms with Crippen LogP contribution >= 0.6 is 0 Å². The fourth-order valence-corrected chi connectivity index (χ4v) is 1.91. The molecule has 0 fully saturated rings. The maximum absolute atomic E-state index is 11.4. The maximum Gasteiger partial charge on any atom is 0.407 e. The van der Waals surface area contributed by atoms with Crippen molar-refractivity contribution < 1.29 is 19.4 Å². The molecule has 0 aliphatic carbocycles. The highest BCUT2D eigenvalue weighted by Crippen LogP contribution is 2.18. The Kier molecular flexibility index (Phi) is 8.47. The van der Waals surface area contributed by atoms with E-state index in [9.17, 15) is 4.79 Å². The number of benzene rings is 1. The summed E-state index contributed by atoms with van der Waals surface area (Å²) >= 11 is 0. The molecule has 5 heteroatoms. The van der Waals surface area contributed by atoms with Crippen LogP contribution in [0.1, 0.15) is 37.5 Å². The number of aryl methyl sites for hydroxylation is 1. The summed E-state index contributed by atoms with van der Waals surface area (Å²) in [6, 6.07) is 8.04. The highest BCUT2D eigenvalue weighted by molar-refractivity contribution is 5.67. The van der Waals surface area contributed by atoms with Crippen LogP contribution in [0.25, 0.3) is 0 Å². The van der Waals surface area contributed by atoms with E-state index in [-0.39, 0.29) is 19.3 Å². The molecule has 0 heterocycles. The van der Waals surface area contributed by atoms with Crippen LogP contribution in [0.3, 0.4) is 0 Å². The first-order chi connectivity index (χ1) is 10.2. The van der Waals surface area contributed by atoms with Gasteiger partial charge in [-0.15, -0.1) is 0 Å². The van der Waals surface area contributed by atoms with Gasteiger partial charge < -0.3 is 19.9 Å². The second-order valence-electron chi connectivity index (χ2n) is 4.74. The van der Waals surface area contributed by atoms with Crippen LogP contribution in [0.4, 0.5) is 4.79 Å². The Morgan fingerprint density at radius 2 is 2.05 bits per heavy atom. The van der Waals surface area contributed by atoms with Gasteiger partial charge in [-0.25, -0.2) is 4.79 Å². The molecule has 118 valence electrons. The zero-order valence-electron chi connectivity index (χ0n) is 12.8. The average Bonchev–Trinajstić information content (AvgIpc) is 2.50. The van der Waals surface area contributed by atoms with E-state index >= 15 is 0 Å². The number of ether oxygens (including phenoxy) is 2. The van der Waals surface area contributed by atoms with Crippen LogP contribution in [0.15, 0.2) is 24.3 Å². The lowest BCUT2D eigenvalue weighted by Crippen LogP contribution is -2.27. The van der Waals surface area contributed by atoms with E-state index in [4.69, 9.17) is 14.6 Å². The highest BCUT2D eigenvalue weighted by atomic mass is 16.6. The molecule has 0 radical (unpaired) electrons. The number of amides is 1. The van der Waals surface area contributed by atoms with Gasteiger partial charge in [0.15, 0.2) is 0 Å². The average molecular weight is 295 g/mol. The Labute approximate surface area is 126 Å². The Hall–Kier alpha value is -1.59. The van der Waals surface area contributed by atoms with Crippen molar-refractivity contribution in [1.82, 2.24) is 5.32 Å². The van der Waals surface area contributed by atoms with E-state index < -0.39 is 6.09 Å². The molecule has 5 nitrogen and oxygen atoms in total. The molecule has 1 aromatic carbocycles. The lowest BCUT2D eigenvalue weighted by atomic mass is 10.1. The molecule has 0 aromatic heterocycles.